The lowest BCUT2D eigenvalue weighted by molar-refractivity contribution is -0.135. The molecule has 2 aromatic carbocycles. The highest BCUT2D eigenvalue weighted by Crippen LogP contribution is 2.27. The number of ether oxygens (including phenoxy) is 1. The summed E-state index contributed by atoms with van der Waals surface area (Å²) in [5.41, 5.74) is 5.53. The van der Waals surface area contributed by atoms with Gasteiger partial charge in [-0.2, -0.15) is 5.26 Å². The number of aryl methyl sites for hydroxylation is 3. The molecule has 2 rings (SSSR count). The Kier molecular flexibility index (Phi) is 6.44. The fourth-order valence-electron chi connectivity index (χ4n) is 2.43. The standard InChI is InChI=1S/C21H21NO2S/c1-14-5-7-20(8-6-14)25-13-19-11-17(15(2)9-16(19)3)10-18(12-22)21(23)24-4/h5-11H,13H2,1-4H3/b18-10+. The number of esters is 1. The minimum atomic E-state index is -0.613. The first-order chi connectivity index (χ1) is 11.9. The van der Waals surface area contributed by atoms with Crippen molar-refractivity contribution in [3.05, 3.63) is 69.8 Å². The van der Waals surface area contributed by atoms with E-state index in [0.717, 1.165) is 16.9 Å². The number of rotatable bonds is 5. The lowest BCUT2D eigenvalue weighted by Crippen LogP contribution is -2.03. The number of nitrogens with zero attached hydrogens (tertiary/aromatic N) is 1. The molecule has 0 aliphatic rings. The third kappa shape index (κ3) is 4.98. The summed E-state index contributed by atoms with van der Waals surface area (Å²) in [4.78, 5) is 12.8. The van der Waals surface area contributed by atoms with E-state index in [0.29, 0.717) is 0 Å². The molecule has 0 aliphatic heterocycles. The first-order valence-electron chi connectivity index (χ1n) is 7.94. The van der Waals surface area contributed by atoms with Crippen molar-refractivity contribution in [1.82, 2.24) is 0 Å². The highest BCUT2D eigenvalue weighted by molar-refractivity contribution is 7.98. The smallest absolute Gasteiger partial charge is 0.348 e. The van der Waals surface area contributed by atoms with Crippen molar-refractivity contribution in [2.45, 2.75) is 31.4 Å². The van der Waals surface area contributed by atoms with Gasteiger partial charge < -0.3 is 4.74 Å². The molecule has 0 radical (unpaired) electrons. The lowest BCUT2D eigenvalue weighted by Gasteiger charge is -2.11. The summed E-state index contributed by atoms with van der Waals surface area (Å²) in [6.45, 7) is 6.13. The van der Waals surface area contributed by atoms with E-state index < -0.39 is 5.97 Å². The van der Waals surface area contributed by atoms with Gasteiger partial charge in [-0.15, -0.1) is 11.8 Å². The minimum absolute atomic E-state index is 0.00610. The molecule has 0 bridgehead atoms. The number of nitriles is 1. The average Bonchev–Trinajstić information content (AvgIpc) is 2.61. The van der Waals surface area contributed by atoms with Crippen LogP contribution in [0.3, 0.4) is 0 Å². The van der Waals surface area contributed by atoms with Crippen LogP contribution in [0.4, 0.5) is 0 Å². The highest BCUT2D eigenvalue weighted by Gasteiger charge is 2.11. The second-order valence-corrected chi connectivity index (χ2v) is 6.95. The summed E-state index contributed by atoms with van der Waals surface area (Å²) in [6, 6.07) is 14.5. The van der Waals surface area contributed by atoms with Gasteiger partial charge in [0.2, 0.25) is 0 Å². The van der Waals surface area contributed by atoms with Gasteiger partial charge in [0.05, 0.1) is 7.11 Å². The van der Waals surface area contributed by atoms with E-state index in [2.05, 4.69) is 48.9 Å². The number of carbonyl (C=O) groups excluding carboxylic acids is 1. The van der Waals surface area contributed by atoms with Crippen LogP contribution in [-0.2, 0) is 15.3 Å². The van der Waals surface area contributed by atoms with Crippen LogP contribution in [0, 0.1) is 32.1 Å². The van der Waals surface area contributed by atoms with Crippen LogP contribution in [-0.4, -0.2) is 13.1 Å². The Morgan fingerprint density at radius 3 is 2.44 bits per heavy atom. The zero-order valence-corrected chi connectivity index (χ0v) is 15.7. The third-order valence-electron chi connectivity index (χ3n) is 3.97. The molecule has 0 spiro atoms. The molecule has 0 saturated heterocycles. The maximum absolute atomic E-state index is 11.6. The summed E-state index contributed by atoms with van der Waals surface area (Å²) >= 11 is 1.77. The highest BCUT2D eigenvalue weighted by atomic mass is 32.2. The Morgan fingerprint density at radius 2 is 1.84 bits per heavy atom. The van der Waals surface area contributed by atoms with Crippen LogP contribution in [0.15, 0.2) is 46.9 Å². The van der Waals surface area contributed by atoms with Gasteiger partial charge in [0.1, 0.15) is 11.6 Å². The summed E-state index contributed by atoms with van der Waals surface area (Å²) in [5.74, 6) is 0.217. The van der Waals surface area contributed by atoms with E-state index in [4.69, 9.17) is 5.26 Å². The molecular weight excluding hydrogens is 330 g/mol. The number of carbonyl (C=O) groups is 1. The Bertz CT molecular complexity index is 845. The van der Waals surface area contributed by atoms with Crippen molar-refractivity contribution in [2.24, 2.45) is 0 Å². The Hall–Kier alpha value is -2.51. The molecule has 0 aliphatic carbocycles. The van der Waals surface area contributed by atoms with Crippen LogP contribution in [0.2, 0.25) is 0 Å². The summed E-state index contributed by atoms with van der Waals surface area (Å²) < 4.78 is 4.65. The Balaban J connectivity index is 2.28. The van der Waals surface area contributed by atoms with Crippen molar-refractivity contribution in [3.63, 3.8) is 0 Å². The number of thioether (sulfide) groups is 1. The number of hydrogen-bond acceptors (Lipinski definition) is 4. The number of methoxy groups -OCH3 is 1. The summed E-state index contributed by atoms with van der Waals surface area (Å²) in [6.07, 6.45) is 1.60. The molecule has 2 aromatic rings. The Labute approximate surface area is 153 Å². The first kappa shape index (κ1) is 18.8. The fourth-order valence-corrected chi connectivity index (χ4v) is 3.39. The van der Waals surface area contributed by atoms with Crippen molar-refractivity contribution in [2.75, 3.05) is 7.11 Å². The largest absolute Gasteiger partial charge is 0.465 e. The van der Waals surface area contributed by atoms with Gasteiger partial charge in [-0.1, -0.05) is 29.8 Å². The van der Waals surface area contributed by atoms with Gasteiger partial charge in [0.15, 0.2) is 0 Å². The van der Waals surface area contributed by atoms with E-state index >= 15 is 0 Å². The van der Waals surface area contributed by atoms with E-state index in [-0.39, 0.29) is 5.57 Å². The van der Waals surface area contributed by atoms with Crippen LogP contribution < -0.4 is 0 Å². The molecule has 0 fully saturated rings. The molecule has 0 heterocycles. The van der Waals surface area contributed by atoms with Gasteiger partial charge >= 0.3 is 5.97 Å². The number of benzene rings is 2. The molecule has 0 aromatic heterocycles. The van der Waals surface area contributed by atoms with Crippen molar-refractivity contribution in [1.29, 1.82) is 5.26 Å². The van der Waals surface area contributed by atoms with Crippen molar-refractivity contribution >= 4 is 23.8 Å². The van der Waals surface area contributed by atoms with Crippen LogP contribution in [0.25, 0.3) is 6.08 Å². The quantitative estimate of drug-likeness (QED) is 0.330. The van der Waals surface area contributed by atoms with E-state index in [1.807, 2.05) is 19.1 Å². The van der Waals surface area contributed by atoms with E-state index in [1.54, 1.807) is 17.8 Å². The van der Waals surface area contributed by atoms with Crippen LogP contribution in [0.1, 0.15) is 27.8 Å². The summed E-state index contributed by atoms with van der Waals surface area (Å²) in [7, 11) is 1.28. The van der Waals surface area contributed by atoms with E-state index in [1.165, 1.54) is 28.7 Å². The molecule has 0 N–H and O–H groups in total. The molecular formula is C21H21NO2S. The Morgan fingerprint density at radius 1 is 1.16 bits per heavy atom. The minimum Gasteiger partial charge on any atom is -0.465 e. The van der Waals surface area contributed by atoms with Gasteiger partial charge in [-0.05, 0) is 61.2 Å². The SMILES string of the molecule is COC(=O)/C(C#N)=C/c1cc(CSc2ccc(C)cc2)c(C)cc1C. The molecule has 0 saturated carbocycles. The summed E-state index contributed by atoms with van der Waals surface area (Å²) in [5, 5.41) is 9.15. The first-order valence-corrected chi connectivity index (χ1v) is 8.93. The van der Waals surface area contributed by atoms with Gasteiger partial charge in [-0.25, -0.2) is 4.79 Å². The zero-order chi connectivity index (χ0) is 18.4. The molecule has 3 nitrogen and oxygen atoms in total. The molecule has 128 valence electrons. The fraction of sp³-hybridized carbons (Fsp3) is 0.238. The molecule has 0 amide bonds. The molecule has 4 heteroatoms. The maximum Gasteiger partial charge on any atom is 0.348 e. The predicted octanol–water partition coefficient (Wildman–Crippen LogP) is 4.98. The predicted molar refractivity (Wildman–Crippen MR) is 102 cm³/mol. The molecule has 0 atom stereocenters. The van der Waals surface area contributed by atoms with Crippen LogP contribution >= 0.6 is 11.8 Å². The topological polar surface area (TPSA) is 50.1 Å². The van der Waals surface area contributed by atoms with Gasteiger partial charge in [0, 0.05) is 10.6 Å². The normalized spacial score (nSPS) is 11.1. The maximum atomic E-state index is 11.6. The average molecular weight is 351 g/mol. The zero-order valence-electron chi connectivity index (χ0n) is 14.9. The van der Waals surface area contributed by atoms with Gasteiger partial charge in [-0.3, -0.25) is 0 Å². The second kappa shape index (κ2) is 8.55. The van der Waals surface area contributed by atoms with Crippen LogP contribution in [0.5, 0.6) is 0 Å². The van der Waals surface area contributed by atoms with Crippen molar-refractivity contribution in [3.8, 4) is 6.07 Å². The number of hydrogen-bond donors (Lipinski definition) is 0. The third-order valence-corrected chi connectivity index (χ3v) is 5.03. The lowest BCUT2D eigenvalue weighted by atomic mass is 9.99. The molecule has 0 unspecified atom stereocenters. The monoisotopic (exact) mass is 351 g/mol. The van der Waals surface area contributed by atoms with Crippen molar-refractivity contribution < 1.29 is 9.53 Å². The molecule has 25 heavy (non-hydrogen) atoms. The van der Waals surface area contributed by atoms with Gasteiger partial charge in [0.25, 0.3) is 0 Å². The second-order valence-electron chi connectivity index (χ2n) is 5.90. The van der Waals surface area contributed by atoms with E-state index in [9.17, 15) is 4.79 Å².